The molecule has 0 radical (unpaired) electrons. The molecule has 7 heteroatoms. The third-order valence-electron chi connectivity index (χ3n) is 4.67. The summed E-state index contributed by atoms with van der Waals surface area (Å²) in [7, 11) is 0. The van der Waals surface area contributed by atoms with Crippen molar-refractivity contribution in [3.8, 4) is 11.1 Å². The van der Waals surface area contributed by atoms with E-state index < -0.39 is 5.97 Å². The lowest BCUT2D eigenvalue weighted by Crippen LogP contribution is -2.23. The largest absolute Gasteiger partial charge is 0.465 e. The Bertz CT molecular complexity index is 1310. The highest BCUT2D eigenvalue weighted by Gasteiger charge is 2.13. The summed E-state index contributed by atoms with van der Waals surface area (Å²) >= 11 is 7.42. The van der Waals surface area contributed by atoms with Gasteiger partial charge in [-0.2, -0.15) is 4.99 Å². The normalized spacial score (nSPS) is 11.6. The number of thiazole rings is 1. The van der Waals surface area contributed by atoms with Gasteiger partial charge in [0.1, 0.15) is 6.54 Å². The fourth-order valence-electron chi connectivity index (χ4n) is 3.21. The van der Waals surface area contributed by atoms with Crippen LogP contribution in [0.15, 0.2) is 77.8 Å². The number of hydrogen-bond acceptors (Lipinski definition) is 4. The maximum absolute atomic E-state index is 12.9. The smallest absolute Gasteiger partial charge is 0.326 e. The van der Waals surface area contributed by atoms with E-state index in [-0.39, 0.29) is 19.1 Å². The predicted octanol–water partition coefficient (Wildman–Crippen LogP) is 5.33. The first kappa shape index (κ1) is 21.0. The Kier molecular flexibility index (Phi) is 6.30. The molecule has 3 aromatic carbocycles. The Morgan fingerprint density at radius 3 is 2.42 bits per heavy atom. The highest BCUT2D eigenvalue weighted by Crippen LogP contribution is 2.23. The van der Waals surface area contributed by atoms with Gasteiger partial charge in [0.05, 0.1) is 16.8 Å². The van der Waals surface area contributed by atoms with Gasteiger partial charge >= 0.3 is 5.97 Å². The number of aromatic nitrogens is 1. The molecule has 0 N–H and O–H groups in total. The summed E-state index contributed by atoms with van der Waals surface area (Å²) in [5, 5.41) is 0.575. The monoisotopic (exact) mass is 450 g/mol. The van der Waals surface area contributed by atoms with Crippen LogP contribution in [0.4, 0.5) is 0 Å². The van der Waals surface area contributed by atoms with E-state index in [2.05, 4.69) is 4.99 Å². The highest BCUT2D eigenvalue weighted by molar-refractivity contribution is 7.16. The molecule has 0 aliphatic heterocycles. The van der Waals surface area contributed by atoms with Crippen molar-refractivity contribution < 1.29 is 14.3 Å². The molecule has 1 heterocycles. The highest BCUT2D eigenvalue weighted by atomic mass is 35.5. The fourth-order valence-corrected chi connectivity index (χ4v) is 4.51. The van der Waals surface area contributed by atoms with Crippen molar-refractivity contribution in [3.63, 3.8) is 0 Å². The maximum Gasteiger partial charge on any atom is 0.326 e. The van der Waals surface area contributed by atoms with Crippen LogP contribution in [-0.2, 0) is 16.1 Å². The van der Waals surface area contributed by atoms with Gasteiger partial charge in [-0.25, -0.2) is 0 Å². The third-order valence-corrected chi connectivity index (χ3v) is 5.95. The second kappa shape index (κ2) is 9.29. The van der Waals surface area contributed by atoms with Gasteiger partial charge in [-0.1, -0.05) is 65.4 Å². The lowest BCUT2D eigenvalue weighted by molar-refractivity contribution is -0.143. The first-order valence-electron chi connectivity index (χ1n) is 9.74. The minimum absolute atomic E-state index is 0.0332. The molecule has 0 aliphatic carbocycles. The van der Waals surface area contributed by atoms with E-state index in [1.54, 1.807) is 35.8 Å². The number of amides is 1. The molecule has 0 saturated carbocycles. The molecule has 0 spiro atoms. The molecule has 5 nitrogen and oxygen atoms in total. The van der Waals surface area contributed by atoms with Crippen molar-refractivity contribution in [1.29, 1.82) is 0 Å². The van der Waals surface area contributed by atoms with Gasteiger partial charge in [-0.3, -0.25) is 9.59 Å². The molecule has 4 rings (SSSR count). The minimum atomic E-state index is -0.390. The van der Waals surface area contributed by atoms with Gasteiger partial charge in [-0.15, -0.1) is 0 Å². The number of ether oxygens (including phenoxy) is 1. The topological polar surface area (TPSA) is 60.7 Å². The standard InChI is InChI=1S/C24H19ClN2O3S/c1-2-30-22(28)15-27-20-13-12-19(25)14-21(20)31-24(27)26-23(29)18-10-8-17(9-11-18)16-6-4-3-5-7-16/h3-14H,2,15H2,1H3. The Morgan fingerprint density at radius 2 is 1.71 bits per heavy atom. The lowest BCUT2D eigenvalue weighted by atomic mass is 10.0. The number of halogens is 1. The quantitative estimate of drug-likeness (QED) is 0.386. The Hall–Kier alpha value is -3.22. The molecule has 0 fully saturated rings. The van der Waals surface area contributed by atoms with Crippen LogP contribution in [0.3, 0.4) is 0 Å². The average Bonchev–Trinajstić information content (AvgIpc) is 3.10. The van der Waals surface area contributed by atoms with Crippen molar-refractivity contribution in [2.24, 2.45) is 4.99 Å². The molecular weight excluding hydrogens is 432 g/mol. The zero-order chi connectivity index (χ0) is 21.8. The minimum Gasteiger partial charge on any atom is -0.465 e. The number of nitrogens with zero attached hydrogens (tertiary/aromatic N) is 2. The molecule has 0 saturated heterocycles. The van der Waals surface area contributed by atoms with Crippen molar-refractivity contribution in [1.82, 2.24) is 4.57 Å². The van der Waals surface area contributed by atoms with E-state index in [1.807, 2.05) is 48.5 Å². The van der Waals surface area contributed by atoms with E-state index in [9.17, 15) is 9.59 Å². The molecule has 1 aromatic heterocycles. The van der Waals surface area contributed by atoms with Gasteiger partial charge in [0, 0.05) is 10.6 Å². The fraction of sp³-hybridized carbons (Fsp3) is 0.125. The van der Waals surface area contributed by atoms with Crippen LogP contribution in [0.25, 0.3) is 21.3 Å². The second-order valence-corrected chi connectivity index (χ2v) is 8.19. The van der Waals surface area contributed by atoms with Crippen molar-refractivity contribution >= 4 is 45.0 Å². The first-order chi connectivity index (χ1) is 15.0. The average molecular weight is 451 g/mol. The molecule has 4 aromatic rings. The van der Waals surface area contributed by atoms with Crippen LogP contribution in [0.1, 0.15) is 17.3 Å². The lowest BCUT2D eigenvalue weighted by Gasteiger charge is -2.05. The molecule has 0 atom stereocenters. The molecule has 31 heavy (non-hydrogen) atoms. The van der Waals surface area contributed by atoms with Gasteiger partial charge in [0.2, 0.25) is 0 Å². The Labute approximate surface area is 188 Å². The number of fused-ring (bicyclic) bond motifs is 1. The van der Waals surface area contributed by atoms with Crippen LogP contribution in [0.2, 0.25) is 5.02 Å². The molecule has 1 amide bonds. The Morgan fingerprint density at radius 1 is 1.00 bits per heavy atom. The SMILES string of the molecule is CCOC(=O)Cn1c(=NC(=O)c2ccc(-c3ccccc3)cc2)sc2cc(Cl)ccc21. The zero-order valence-corrected chi connectivity index (χ0v) is 18.3. The summed E-state index contributed by atoms with van der Waals surface area (Å²) < 4.78 is 7.60. The number of rotatable bonds is 5. The number of esters is 1. The summed E-state index contributed by atoms with van der Waals surface area (Å²) in [4.78, 5) is 29.7. The molecule has 0 bridgehead atoms. The molecule has 0 aliphatic rings. The van der Waals surface area contributed by atoms with Gasteiger partial charge in [-0.05, 0) is 48.4 Å². The van der Waals surface area contributed by atoms with Crippen LogP contribution in [0, 0.1) is 0 Å². The number of carbonyl (C=O) groups is 2. The van der Waals surface area contributed by atoms with Crippen LogP contribution in [-0.4, -0.2) is 23.1 Å². The molecule has 156 valence electrons. The van der Waals surface area contributed by atoms with E-state index in [0.717, 1.165) is 21.3 Å². The summed E-state index contributed by atoms with van der Waals surface area (Å²) in [5.41, 5.74) is 3.34. The van der Waals surface area contributed by atoms with Crippen molar-refractivity contribution in [2.75, 3.05) is 6.61 Å². The predicted molar refractivity (Wildman–Crippen MR) is 123 cm³/mol. The summed E-state index contributed by atoms with van der Waals surface area (Å²) in [6.45, 7) is 2.00. The maximum atomic E-state index is 12.9. The van der Waals surface area contributed by atoms with E-state index >= 15 is 0 Å². The van der Waals surface area contributed by atoms with Crippen molar-refractivity contribution in [3.05, 3.63) is 88.2 Å². The number of hydrogen-bond donors (Lipinski definition) is 0. The van der Waals surface area contributed by atoms with E-state index in [4.69, 9.17) is 16.3 Å². The van der Waals surface area contributed by atoms with Gasteiger partial charge < -0.3 is 9.30 Å². The van der Waals surface area contributed by atoms with Gasteiger partial charge in [0.15, 0.2) is 4.80 Å². The first-order valence-corrected chi connectivity index (χ1v) is 10.9. The van der Waals surface area contributed by atoms with Gasteiger partial charge in [0.25, 0.3) is 5.91 Å². The molecule has 0 unspecified atom stereocenters. The van der Waals surface area contributed by atoms with Crippen molar-refractivity contribution in [2.45, 2.75) is 13.5 Å². The number of benzene rings is 3. The summed E-state index contributed by atoms with van der Waals surface area (Å²) in [5.74, 6) is -0.770. The third kappa shape index (κ3) is 4.76. The zero-order valence-electron chi connectivity index (χ0n) is 16.7. The second-order valence-electron chi connectivity index (χ2n) is 6.75. The number of carbonyl (C=O) groups excluding carboxylic acids is 2. The summed E-state index contributed by atoms with van der Waals surface area (Å²) in [6.07, 6.45) is 0. The van der Waals surface area contributed by atoms with Crippen LogP contribution < -0.4 is 4.80 Å². The van der Waals surface area contributed by atoms with E-state index in [0.29, 0.717) is 15.4 Å². The van der Waals surface area contributed by atoms with Crippen LogP contribution in [0.5, 0.6) is 0 Å². The Balaban J connectivity index is 1.70. The van der Waals surface area contributed by atoms with E-state index in [1.165, 1.54) is 11.3 Å². The molecular formula is C24H19ClN2O3S. The van der Waals surface area contributed by atoms with Crippen LogP contribution >= 0.6 is 22.9 Å². The summed E-state index contributed by atoms with van der Waals surface area (Å²) in [6, 6.07) is 22.6.